The van der Waals surface area contributed by atoms with Gasteiger partial charge in [0.1, 0.15) is 0 Å². The molecule has 0 radical (unpaired) electrons. The van der Waals surface area contributed by atoms with Crippen LogP contribution in [-0.4, -0.2) is 10.8 Å². The fourth-order valence-electron chi connectivity index (χ4n) is 2.68. The van der Waals surface area contributed by atoms with Crippen LogP contribution in [0.4, 0.5) is 5.69 Å². The van der Waals surface area contributed by atoms with Crippen molar-refractivity contribution in [3.63, 3.8) is 0 Å². The average Bonchev–Trinajstić information content (AvgIpc) is 2.87. The van der Waals surface area contributed by atoms with Gasteiger partial charge < -0.3 is 4.57 Å². The Bertz CT molecular complexity index is 807. The second kappa shape index (κ2) is 6.53. The van der Waals surface area contributed by atoms with E-state index in [1.165, 1.54) is 22.6 Å². The molecule has 1 N–H and O–H groups in total. The first-order valence-electron chi connectivity index (χ1n) is 7.74. The van der Waals surface area contributed by atoms with Crippen molar-refractivity contribution in [3.8, 4) is 5.69 Å². The van der Waals surface area contributed by atoms with Crippen LogP contribution in [0.3, 0.4) is 0 Å². The fourth-order valence-corrected chi connectivity index (χ4v) is 2.68. The number of aromatic nitrogens is 1. The first-order valence-corrected chi connectivity index (χ1v) is 7.74. The average molecular weight is 303 g/mol. The lowest BCUT2D eigenvalue weighted by Crippen LogP contribution is -1.98. The molecule has 1 heterocycles. The molecular weight excluding hydrogens is 282 g/mol. The molecule has 3 heteroatoms. The van der Waals surface area contributed by atoms with E-state index in [9.17, 15) is 0 Å². The topological polar surface area (TPSA) is 29.3 Å². The van der Waals surface area contributed by atoms with Crippen LogP contribution in [0.25, 0.3) is 5.69 Å². The van der Waals surface area contributed by atoms with E-state index >= 15 is 0 Å². The van der Waals surface area contributed by atoms with Gasteiger partial charge >= 0.3 is 0 Å². The minimum absolute atomic E-state index is 0.997. The van der Waals surface area contributed by atoms with Crippen molar-refractivity contribution in [2.24, 2.45) is 5.10 Å². The molecule has 3 aromatic rings. The summed E-state index contributed by atoms with van der Waals surface area (Å²) < 4.78 is 2.24. The van der Waals surface area contributed by atoms with E-state index in [1.54, 1.807) is 0 Å². The van der Waals surface area contributed by atoms with Gasteiger partial charge in [-0.2, -0.15) is 5.10 Å². The van der Waals surface area contributed by atoms with Crippen molar-refractivity contribution >= 4 is 11.9 Å². The molecule has 0 amide bonds. The Morgan fingerprint density at radius 3 is 2.22 bits per heavy atom. The highest BCUT2D eigenvalue weighted by Crippen LogP contribution is 2.16. The third-order valence-corrected chi connectivity index (χ3v) is 3.85. The lowest BCUT2D eigenvalue weighted by atomic mass is 10.2. The van der Waals surface area contributed by atoms with Crippen LogP contribution in [0, 0.1) is 20.8 Å². The lowest BCUT2D eigenvalue weighted by molar-refractivity contribution is 0.966. The minimum atomic E-state index is 0.997. The van der Waals surface area contributed by atoms with E-state index in [0.717, 1.165) is 11.3 Å². The third kappa shape index (κ3) is 3.51. The second-order valence-corrected chi connectivity index (χ2v) is 5.78. The normalized spacial score (nSPS) is 11.1. The Hall–Kier alpha value is -2.81. The molecule has 0 spiro atoms. The standard InChI is InChI=1S/C20H21N3/c1-15-5-4-6-19(13-15)22-21-14-18-9-11-20(12-10-18)23-16(2)7-8-17(23)3/h4-14,22H,1-3H3/b21-14+. The highest BCUT2D eigenvalue weighted by Gasteiger charge is 2.03. The van der Waals surface area contributed by atoms with Crippen molar-refractivity contribution in [1.82, 2.24) is 4.57 Å². The van der Waals surface area contributed by atoms with E-state index in [2.05, 4.69) is 84.4 Å². The Morgan fingerprint density at radius 1 is 0.870 bits per heavy atom. The van der Waals surface area contributed by atoms with Crippen molar-refractivity contribution in [3.05, 3.63) is 83.2 Å². The number of hydrogen-bond acceptors (Lipinski definition) is 2. The molecule has 0 atom stereocenters. The third-order valence-electron chi connectivity index (χ3n) is 3.85. The van der Waals surface area contributed by atoms with Crippen molar-refractivity contribution in [2.75, 3.05) is 5.43 Å². The number of aryl methyl sites for hydroxylation is 3. The Balaban J connectivity index is 1.71. The summed E-state index contributed by atoms with van der Waals surface area (Å²) in [7, 11) is 0. The van der Waals surface area contributed by atoms with Crippen LogP contribution in [0.15, 0.2) is 65.8 Å². The number of hydrogen-bond donors (Lipinski definition) is 1. The SMILES string of the molecule is Cc1cccc(N/N=C/c2ccc(-n3c(C)ccc3C)cc2)c1. The van der Waals surface area contributed by atoms with Gasteiger partial charge in [-0.25, -0.2) is 0 Å². The molecule has 3 rings (SSSR count). The summed E-state index contributed by atoms with van der Waals surface area (Å²) >= 11 is 0. The monoisotopic (exact) mass is 303 g/mol. The van der Waals surface area contributed by atoms with Gasteiger partial charge in [0, 0.05) is 17.1 Å². The van der Waals surface area contributed by atoms with Crippen molar-refractivity contribution in [1.29, 1.82) is 0 Å². The summed E-state index contributed by atoms with van der Waals surface area (Å²) in [5, 5.41) is 4.30. The molecule has 0 saturated heterocycles. The van der Waals surface area contributed by atoms with Gasteiger partial charge in [-0.1, -0.05) is 24.3 Å². The largest absolute Gasteiger partial charge is 0.319 e. The van der Waals surface area contributed by atoms with Crippen molar-refractivity contribution in [2.45, 2.75) is 20.8 Å². The lowest BCUT2D eigenvalue weighted by Gasteiger charge is -2.09. The van der Waals surface area contributed by atoms with Gasteiger partial charge in [0.2, 0.25) is 0 Å². The van der Waals surface area contributed by atoms with Gasteiger partial charge in [0.25, 0.3) is 0 Å². The van der Waals surface area contributed by atoms with Gasteiger partial charge in [-0.05, 0) is 68.3 Å². The summed E-state index contributed by atoms with van der Waals surface area (Å²) in [5.41, 5.74) is 9.99. The highest BCUT2D eigenvalue weighted by atomic mass is 15.3. The first kappa shape index (κ1) is 15.1. The maximum atomic E-state index is 4.30. The van der Waals surface area contributed by atoms with Crippen LogP contribution in [0.1, 0.15) is 22.5 Å². The molecule has 23 heavy (non-hydrogen) atoms. The van der Waals surface area contributed by atoms with Crippen molar-refractivity contribution < 1.29 is 0 Å². The van der Waals surface area contributed by atoms with E-state index in [-0.39, 0.29) is 0 Å². The van der Waals surface area contributed by atoms with E-state index < -0.39 is 0 Å². The second-order valence-electron chi connectivity index (χ2n) is 5.78. The molecular formula is C20H21N3. The molecule has 0 aliphatic heterocycles. The van der Waals surface area contributed by atoms with Crippen LogP contribution in [-0.2, 0) is 0 Å². The number of hydrazone groups is 1. The van der Waals surface area contributed by atoms with Gasteiger partial charge in [0.05, 0.1) is 11.9 Å². The molecule has 1 aromatic heterocycles. The molecule has 116 valence electrons. The highest BCUT2D eigenvalue weighted by molar-refractivity contribution is 5.80. The van der Waals surface area contributed by atoms with Crippen LogP contribution in [0.2, 0.25) is 0 Å². The van der Waals surface area contributed by atoms with E-state index in [0.29, 0.717) is 0 Å². The van der Waals surface area contributed by atoms with E-state index in [1.807, 2.05) is 18.3 Å². The molecule has 3 nitrogen and oxygen atoms in total. The summed E-state index contributed by atoms with van der Waals surface area (Å²) in [6, 6.07) is 20.8. The molecule has 0 fully saturated rings. The predicted octanol–water partition coefficient (Wildman–Crippen LogP) is 4.85. The number of anilines is 1. The zero-order valence-corrected chi connectivity index (χ0v) is 13.7. The van der Waals surface area contributed by atoms with Crippen LogP contribution < -0.4 is 5.43 Å². The number of nitrogens with zero attached hydrogens (tertiary/aromatic N) is 2. The summed E-state index contributed by atoms with van der Waals surface area (Å²) in [6.45, 7) is 6.31. The zero-order chi connectivity index (χ0) is 16.2. The Kier molecular flexibility index (Phi) is 4.29. The van der Waals surface area contributed by atoms with Gasteiger partial charge in [0.15, 0.2) is 0 Å². The fraction of sp³-hybridized carbons (Fsp3) is 0.150. The Morgan fingerprint density at radius 2 is 1.57 bits per heavy atom. The maximum Gasteiger partial charge on any atom is 0.0564 e. The molecule has 0 aliphatic carbocycles. The molecule has 0 bridgehead atoms. The van der Waals surface area contributed by atoms with E-state index in [4.69, 9.17) is 0 Å². The number of rotatable bonds is 4. The predicted molar refractivity (Wildman–Crippen MR) is 97.6 cm³/mol. The molecule has 0 saturated carbocycles. The molecule has 2 aromatic carbocycles. The maximum absolute atomic E-state index is 4.30. The Labute approximate surface area is 137 Å². The van der Waals surface area contributed by atoms with Crippen LogP contribution >= 0.6 is 0 Å². The number of nitrogens with one attached hydrogen (secondary N) is 1. The first-order chi connectivity index (χ1) is 11.1. The minimum Gasteiger partial charge on any atom is -0.319 e. The van der Waals surface area contributed by atoms with Gasteiger partial charge in [-0.15, -0.1) is 0 Å². The zero-order valence-electron chi connectivity index (χ0n) is 13.7. The smallest absolute Gasteiger partial charge is 0.0564 e. The quantitative estimate of drug-likeness (QED) is 0.542. The molecule has 0 aliphatic rings. The number of benzene rings is 2. The van der Waals surface area contributed by atoms with Crippen LogP contribution in [0.5, 0.6) is 0 Å². The van der Waals surface area contributed by atoms with Gasteiger partial charge in [-0.3, -0.25) is 5.43 Å². The summed E-state index contributed by atoms with van der Waals surface area (Å²) in [5.74, 6) is 0. The summed E-state index contributed by atoms with van der Waals surface area (Å²) in [4.78, 5) is 0. The summed E-state index contributed by atoms with van der Waals surface area (Å²) in [6.07, 6.45) is 1.83. The molecule has 0 unspecified atom stereocenters.